The average molecular weight is 338 g/mol. The summed E-state index contributed by atoms with van der Waals surface area (Å²) in [5.41, 5.74) is 1.15. The van der Waals surface area contributed by atoms with Gasteiger partial charge >= 0.3 is 0 Å². The van der Waals surface area contributed by atoms with Crippen LogP contribution in [0.1, 0.15) is 0 Å². The van der Waals surface area contributed by atoms with E-state index in [0.29, 0.717) is 28.1 Å². The molecule has 0 aliphatic carbocycles. The summed E-state index contributed by atoms with van der Waals surface area (Å²) in [5, 5.41) is 3.33. The van der Waals surface area contributed by atoms with E-state index in [2.05, 4.69) is 5.32 Å². The van der Waals surface area contributed by atoms with Crippen molar-refractivity contribution in [3.63, 3.8) is 0 Å². The summed E-state index contributed by atoms with van der Waals surface area (Å²) in [6.45, 7) is 0.0706. The molecule has 0 saturated carbocycles. The third-order valence-electron chi connectivity index (χ3n) is 3.88. The number of aromatic nitrogens is 1. The second-order valence-electron chi connectivity index (χ2n) is 5.44. The van der Waals surface area contributed by atoms with Crippen molar-refractivity contribution in [3.8, 4) is 11.5 Å². The molecule has 0 fully saturated rings. The number of fused-ring (bicyclic) bond motifs is 1. The number of amides is 1. The van der Waals surface area contributed by atoms with E-state index in [4.69, 9.17) is 9.47 Å². The minimum absolute atomic E-state index is 0.0706. The lowest BCUT2D eigenvalue weighted by Gasteiger charge is -2.13. The zero-order valence-electron chi connectivity index (χ0n) is 14.0. The van der Waals surface area contributed by atoms with E-state index in [1.807, 2.05) is 12.1 Å². The van der Waals surface area contributed by atoms with E-state index in [0.717, 1.165) is 0 Å². The van der Waals surface area contributed by atoms with Crippen molar-refractivity contribution >= 4 is 22.5 Å². The molecule has 0 spiro atoms. The summed E-state index contributed by atoms with van der Waals surface area (Å²) in [6, 6.07) is 13.8. The molecule has 0 unspecified atom stereocenters. The predicted molar refractivity (Wildman–Crippen MR) is 96.4 cm³/mol. The van der Waals surface area contributed by atoms with Crippen LogP contribution in [0.5, 0.6) is 11.5 Å². The van der Waals surface area contributed by atoms with E-state index >= 15 is 0 Å². The Kier molecular flexibility index (Phi) is 4.70. The maximum Gasteiger partial charge on any atom is 0.244 e. The molecule has 6 heteroatoms. The smallest absolute Gasteiger partial charge is 0.244 e. The molecule has 1 heterocycles. The number of anilines is 1. The molecule has 1 aromatic heterocycles. The molecule has 0 saturated heterocycles. The van der Waals surface area contributed by atoms with E-state index < -0.39 is 0 Å². The molecule has 128 valence electrons. The Hall–Kier alpha value is -3.28. The monoisotopic (exact) mass is 338 g/mol. The molecule has 3 rings (SSSR count). The number of para-hydroxylation sites is 2. The number of methoxy groups -OCH3 is 2. The van der Waals surface area contributed by atoms with E-state index in [9.17, 15) is 9.59 Å². The third-order valence-corrected chi connectivity index (χ3v) is 3.88. The van der Waals surface area contributed by atoms with Gasteiger partial charge in [0.25, 0.3) is 0 Å². The number of rotatable bonds is 5. The first-order valence-corrected chi connectivity index (χ1v) is 7.72. The van der Waals surface area contributed by atoms with E-state index in [-0.39, 0.29) is 17.9 Å². The molecular formula is C19H18N2O4. The van der Waals surface area contributed by atoms with Crippen molar-refractivity contribution in [2.75, 3.05) is 19.5 Å². The van der Waals surface area contributed by atoms with Gasteiger partial charge in [-0.05, 0) is 30.3 Å². The molecule has 3 aromatic rings. The SMILES string of the molecule is COc1ccc2c(c1)c(=O)ccn2CC(=O)Nc1ccccc1OC. The molecule has 0 bridgehead atoms. The standard InChI is InChI=1S/C19H18N2O4/c1-24-13-7-8-16-14(11-13)17(22)9-10-21(16)12-19(23)20-15-5-3-4-6-18(15)25-2/h3-11H,12H2,1-2H3,(H,20,23). The maximum absolute atomic E-state index is 12.4. The van der Waals surface area contributed by atoms with Crippen molar-refractivity contribution in [3.05, 3.63) is 65.0 Å². The lowest BCUT2D eigenvalue weighted by Crippen LogP contribution is -2.20. The number of hydrogen-bond donors (Lipinski definition) is 1. The largest absolute Gasteiger partial charge is 0.497 e. The highest BCUT2D eigenvalue weighted by atomic mass is 16.5. The minimum Gasteiger partial charge on any atom is -0.497 e. The molecule has 1 N–H and O–H groups in total. The number of benzene rings is 2. The second-order valence-corrected chi connectivity index (χ2v) is 5.44. The lowest BCUT2D eigenvalue weighted by atomic mass is 10.2. The summed E-state index contributed by atoms with van der Waals surface area (Å²) >= 11 is 0. The number of ether oxygens (including phenoxy) is 2. The first-order chi connectivity index (χ1) is 12.1. The van der Waals surface area contributed by atoms with E-state index in [1.54, 1.807) is 55.3 Å². The average Bonchev–Trinajstić information content (AvgIpc) is 2.64. The minimum atomic E-state index is -0.217. The third kappa shape index (κ3) is 3.47. The molecule has 0 aliphatic rings. The van der Waals surface area contributed by atoms with Crippen LogP contribution < -0.4 is 20.2 Å². The summed E-state index contributed by atoms with van der Waals surface area (Å²) in [5.74, 6) is 0.969. The van der Waals surface area contributed by atoms with Crippen LogP contribution in [-0.2, 0) is 11.3 Å². The number of carbonyl (C=O) groups excluding carboxylic acids is 1. The Morgan fingerprint density at radius 1 is 1.08 bits per heavy atom. The van der Waals surface area contributed by atoms with Gasteiger partial charge in [-0.15, -0.1) is 0 Å². The van der Waals surface area contributed by atoms with Gasteiger partial charge < -0.3 is 19.4 Å². The number of nitrogens with one attached hydrogen (secondary N) is 1. The molecule has 0 atom stereocenters. The summed E-state index contributed by atoms with van der Waals surface area (Å²) in [4.78, 5) is 24.5. The molecule has 0 radical (unpaired) electrons. The maximum atomic E-state index is 12.4. The summed E-state index contributed by atoms with van der Waals surface area (Å²) in [6.07, 6.45) is 1.61. The zero-order chi connectivity index (χ0) is 17.8. The number of pyridine rings is 1. The van der Waals surface area contributed by atoms with Crippen LogP contribution in [-0.4, -0.2) is 24.7 Å². The van der Waals surface area contributed by atoms with Crippen LogP contribution in [0, 0.1) is 0 Å². The highest BCUT2D eigenvalue weighted by molar-refractivity contribution is 5.93. The van der Waals surface area contributed by atoms with Gasteiger partial charge in [0.1, 0.15) is 18.0 Å². The van der Waals surface area contributed by atoms with Crippen molar-refractivity contribution in [2.24, 2.45) is 0 Å². The Labute approximate surface area is 144 Å². The van der Waals surface area contributed by atoms with Gasteiger partial charge in [-0.2, -0.15) is 0 Å². The van der Waals surface area contributed by atoms with Crippen LogP contribution in [0.4, 0.5) is 5.69 Å². The van der Waals surface area contributed by atoms with Crippen LogP contribution in [0.25, 0.3) is 10.9 Å². The van der Waals surface area contributed by atoms with Gasteiger partial charge in [-0.25, -0.2) is 0 Å². The highest BCUT2D eigenvalue weighted by Gasteiger charge is 2.10. The van der Waals surface area contributed by atoms with Gasteiger partial charge in [0.05, 0.1) is 25.4 Å². The number of carbonyl (C=O) groups is 1. The van der Waals surface area contributed by atoms with Gasteiger partial charge in [0, 0.05) is 17.6 Å². The summed E-state index contributed by atoms with van der Waals surface area (Å²) in [7, 11) is 3.09. The van der Waals surface area contributed by atoms with Gasteiger partial charge in [-0.1, -0.05) is 12.1 Å². The van der Waals surface area contributed by atoms with Gasteiger partial charge in [-0.3, -0.25) is 9.59 Å². The quantitative estimate of drug-likeness (QED) is 0.776. The number of hydrogen-bond acceptors (Lipinski definition) is 4. The van der Waals surface area contributed by atoms with E-state index in [1.165, 1.54) is 6.07 Å². The second kappa shape index (κ2) is 7.09. The fourth-order valence-corrected chi connectivity index (χ4v) is 2.65. The van der Waals surface area contributed by atoms with Crippen molar-refractivity contribution < 1.29 is 14.3 Å². The highest BCUT2D eigenvalue weighted by Crippen LogP contribution is 2.23. The molecule has 1 amide bonds. The molecule has 25 heavy (non-hydrogen) atoms. The zero-order valence-corrected chi connectivity index (χ0v) is 14.0. The van der Waals surface area contributed by atoms with Crippen molar-refractivity contribution in [1.29, 1.82) is 0 Å². The molecule has 2 aromatic carbocycles. The Morgan fingerprint density at radius 2 is 1.88 bits per heavy atom. The first kappa shape index (κ1) is 16.6. The van der Waals surface area contributed by atoms with Gasteiger partial charge in [0.15, 0.2) is 5.43 Å². The summed E-state index contributed by atoms with van der Waals surface area (Å²) < 4.78 is 12.1. The van der Waals surface area contributed by atoms with Crippen LogP contribution in [0.2, 0.25) is 0 Å². The Bertz CT molecular complexity index is 979. The Morgan fingerprint density at radius 3 is 2.64 bits per heavy atom. The van der Waals surface area contributed by atoms with Crippen LogP contribution >= 0.6 is 0 Å². The van der Waals surface area contributed by atoms with Crippen LogP contribution in [0.3, 0.4) is 0 Å². The van der Waals surface area contributed by atoms with Gasteiger partial charge in [0.2, 0.25) is 5.91 Å². The molecular weight excluding hydrogens is 320 g/mol. The van der Waals surface area contributed by atoms with Crippen LogP contribution in [0.15, 0.2) is 59.5 Å². The van der Waals surface area contributed by atoms with Crippen molar-refractivity contribution in [2.45, 2.75) is 6.54 Å². The predicted octanol–water partition coefficient (Wildman–Crippen LogP) is 2.66. The normalized spacial score (nSPS) is 10.5. The molecule has 6 nitrogen and oxygen atoms in total. The first-order valence-electron chi connectivity index (χ1n) is 7.72. The van der Waals surface area contributed by atoms with Crippen molar-refractivity contribution in [1.82, 2.24) is 4.57 Å². The fourth-order valence-electron chi connectivity index (χ4n) is 2.65. The topological polar surface area (TPSA) is 69.6 Å². The molecule has 0 aliphatic heterocycles. The fraction of sp³-hybridized carbons (Fsp3) is 0.158. The number of nitrogens with zero attached hydrogens (tertiary/aromatic N) is 1. The lowest BCUT2D eigenvalue weighted by molar-refractivity contribution is -0.116. The Balaban J connectivity index is 1.89.